The smallest absolute Gasteiger partial charge is 0.293 e. The minimum atomic E-state index is -0.314. The van der Waals surface area contributed by atoms with Crippen molar-refractivity contribution in [1.82, 2.24) is 14.9 Å². The van der Waals surface area contributed by atoms with E-state index in [1.165, 1.54) is 5.56 Å². The largest absolute Gasteiger partial charge is 0.365 e. The molecule has 0 bridgehead atoms. The first-order chi connectivity index (χ1) is 16.2. The van der Waals surface area contributed by atoms with Crippen LogP contribution < -0.4 is 4.90 Å². The van der Waals surface area contributed by atoms with Crippen molar-refractivity contribution >= 4 is 29.4 Å². The molecule has 0 spiro atoms. The minimum absolute atomic E-state index is 0.0874. The van der Waals surface area contributed by atoms with Crippen LogP contribution in [-0.2, 0) is 5.75 Å². The molecule has 0 aliphatic rings. The highest BCUT2D eigenvalue weighted by molar-refractivity contribution is 7.98. The quantitative estimate of drug-likeness (QED) is 0.149. The fourth-order valence-electron chi connectivity index (χ4n) is 3.59. The summed E-state index contributed by atoms with van der Waals surface area (Å²) in [5.41, 5.74) is 2.56. The van der Waals surface area contributed by atoms with E-state index in [2.05, 4.69) is 60.0 Å². The van der Waals surface area contributed by atoms with Crippen molar-refractivity contribution in [2.45, 2.75) is 45.5 Å². The zero-order valence-corrected chi connectivity index (χ0v) is 21.2. The zero-order chi connectivity index (χ0) is 24.7. The number of nitro benzene ring substituents is 1. The van der Waals surface area contributed by atoms with E-state index >= 15 is 0 Å². The average molecular weight is 481 g/mol. The van der Waals surface area contributed by atoms with Crippen molar-refractivity contribution in [3.8, 4) is 0 Å². The van der Waals surface area contributed by atoms with E-state index in [1.807, 2.05) is 37.3 Å². The number of thioether (sulfide) groups is 1. The van der Waals surface area contributed by atoms with Gasteiger partial charge in [0.1, 0.15) is 5.69 Å². The van der Waals surface area contributed by atoms with Gasteiger partial charge >= 0.3 is 0 Å². The van der Waals surface area contributed by atoms with Gasteiger partial charge in [0.15, 0.2) is 5.82 Å². The number of nitrogens with zero attached hydrogens (tertiary/aromatic N) is 6. The molecule has 0 radical (unpaired) electrons. The molecule has 0 saturated heterocycles. The lowest BCUT2D eigenvalue weighted by Crippen LogP contribution is -2.31. The van der Waals surface area contributed by atoms with Gasteiger partial charge in [-0.1, -0.05) is 75.9 Å². The summed E-state index contributed by atoms with van der Waals surface area (Å²) in [4.78, 5) is 13.7. The number of anilines is 1. The summed E-state index contributed by atoms with van der Waals surface area (Å²) < 4.78 is 1.66. The number of benzene rings is 2. The van der Waals surface area contributed by atoms with Gasteiger partial charge in [0, 0.05) is 30.5 Å². The SMILES string of the molecule is Cc1nnc(SCc2ccccc2)n1/N=C\c1ccc(N(CC(C)C)CC(C)C)c([N+](=O)[O-])c1. The van der Waals surface area contributed by atoms with Gasteiger partial charge in [-0.15, -0.1) is 10.2 Å². The summed E-state index contributed by atoms with van der Waals surface area (Å²) in [6, 6.07) is 15.4. The lowest BCUT2D eigenvalue weighted by atomic mass is 10.1. The van der Waals surface area contributed by atoms with Crippen LogP contribution in [0.2, 0.25) is 0 Å². The summed E-state index contributed by atoms with van der Waals surface area (Å²) in [6.45, 7) is 11.8. The van der Waals surface area contributed by atoms with Gasteiger partial charge in [-0.05, 0) is 30.4 Å². The maximum Gasteiger partial charge on any atom is 0.293 e. The predicted octanol–water partition coefficient (Wildman–Crippen LogP) is 5.79. The molecule has 0 aliphatic carbocycles. The first kappa shape index (κ1) is 25.4. The van der Waals surface area contributed by atoms with E-state index in [9.17, 15) is 10.1 Å². The average Bonchev–Trinajstić information content (AvgIpc) is 3.15. The fourth-order valence-corrected chi connectivity index (χ4v) is 4.48. The van der Waals surface area contributed by atoms with Crippen molar-refractivity contribution in [2.24, 2.45) is 16.9 Å². The molecule has 2 aromatic carbocycles. The van der Waals surface area contributed by atoms with E-state index in [-0.39, 0.29) is 10.6 Å². The Morgan fingerprint density at radius 3 is 2.38 bits per heavy atom. The number of hydrogen-bond acceptors (Lipinski definition) is 7. The maximum atomic E-state index is 11.9. The molecule has 34 heavy (non-hydrogen) atoms. The van der Waals surface area contributed by atoms with Gasteiger partial charge in [-0.2, -0.15) is 9.78 Å². The van der Waals surface area contributed by atoms with Crippen LogP contribution in [0.25, 0.3) is 0 Å². The van der Waals surface area contributed by atoms with E-state index in [0.717, 1.165) is 18.8 Å². The standard InChI is InChI=1S/C25H32N6O2S/c1-18(2)15-29(16-19(3)4)23-12-11-22(13-24(23)31(32)33)14-26-30-20(5)27-28-25(30)34-17-21-9-7-6-8-10-21/h6-14,18-19H,15-17H2,1-5H3/b26-14-. The molecule has 9 heteroatoms. The zero-order valence-electron chi connectivity index (χ0n) is 20.4. The Morgan fingerprint density at radius 1 is 1.09 bits per heavy atom. The molecule has 0 saturated carbocycles. The molecule has 0 amide bonds. The van der Waals surface area contributed by atoms with Crippen LogP contribution in [0.1, 0.15) is 44.6 Å². The van der Waals surface area contributed by atoms with Gasteiger partial charge in [-0.3, -0.25) is 10.1 Å². The maximum absolute atomic E-state index is 11.9. The Labute approximate surface area is 205 Å². The Hall–Kier alpha value is -3.20. The summed E-state index contributed by atoms with van der Waals surface area (Å²) in [5.74, 6) is 2.18. The monoisotopic (exact) mass is 480 g/mol. The number of nitro groups is 1. The van der Waals surface area contributed by atoms with Crippen LogP contribution >= 0.6 is 11.8 Å². The first-order valence-electron chi connectivity index (χ1n) is 11.4. The Kier molecular flexibility index (Phi) is 8.81. The van der Waals surface area contributed by atoms with Gasteiger partial charge in [0.05, 0.1) is 11.1 Å². The summed E-state index contributed by atoms with van der Waals surface area (Å²) in [6.07, 6.45) is 1.62. The normalized spacial score (nSPS) is 11.6. The molecule has 0 aliphatic heterocycles. The van der Waals surface area contributed by atoms with Crippen molar-refractivity contribution in [3.63, 3.8) is 0 Å². The van der Waals surface area contributed by atoms with Crippen LogP contribution in [0.15, 0.2) is 58.8 Å². The van der Waals surface area contributed by atoms with Crippen LogP contribution in [0.5, 0.6) is 0 Å². The van der Waals surface area contributed by atoms with Crippen molar-refractivity contribution < 1.29 is 4.92 Å². The van der Waals surface area contributed by atoms with Crippen LogP contribution in [0, 0.1) is 28.9 Å². The molecule has 0 fully saturated rings. The summed E-state index contributed by atoms with van der Waals surface area (Å²) in [5, 5.41) is 25.5. The van der Waals surface area contributed by atoms with E-state index in [4.69, 9.17) is 0 Å². The third-order valence-corrected chi connectivity index (χ3v) is 6.00. The third kappa shape index (κ3) is 6.90. The van der Waals surface area contributed by atoms with Crippen LogP contribution in [-0.4, -0.2) is 39.1 Å². The summed E-state index contributed by atoms with van der Waals surface area (Å²) >= 11 is 1.54. The molecule has 3 aromatic rings. The molecule has 0 unspecified atom stereocenters. The Morgan fingerprint density at radius 2 is 1.76 bits per heavy atom. The highest BCUT2D eigenvalue weighted by Crippen LogP contribution is 2.30. The molecule has 180 valence electrons. The lowest BCUT2D eigenvalue weighted by Gasteiger charge is -2.28. The molecular weight excluding hydrogens is 448 g/mol. The van der Waals surface area contributed by atoms with E-state index < -0.39 is 0 Å². The highest BCUT2D eigenvalue weighted by atomic mass is 32.2. The second-order valence-electron chi connectivity index (χ2n) is 9.06. The number of hydrogen-bond donors (Lipinski definition) is 0. The summed E-state index contributed by atoms with van der Waals surface area (Å²) in [7, 11) is 0. The van der Waals surface area contributed by atoms with Gasteiger partial charge in [0.25, 0.3) is 5.69 Å². The third-order valence-electron chi connectivity index (χ3n) is 5.01. The molecule has 0 N–H and O–H groups in total. The molecule has 1 aromatic heterocycles. The van der Waals surface area contributed by atoms with Crippen molar-refractivity contribution in [2.75, 3.05) is 18.0 Å². The highest BCUT2D eigenvalue weighted by Gasteiger charge is 2.21. The lowest BCUT2D eigenvalue weighted by molar-refractivity contribution is -0.384. The molecule has 1 heterocycles. The van der Waals surface area contributed by atoms with Gasteiger partial charge in [0.2, 0.25) is 5.16 Å². The first-order valence-corrected chi connectivity index (χ1v) is 12.4. The predicted molar refractivity (Wildman–Crippen MR) is 139 cm³/mol. The van der Waals surface area contributed by atoms with Crippen LogP contribution in [0.3, 0.4) is 0 Å². The van der Waals surface area contributed by atoms with Crippen molar-refractivity contribution in [3.05, 3.63) is 75.6 Å². The van der Waals surface area contributed by atoms with Crippen molar-refractivity contribution in [1.29, 1.82) is 0 Å². The van der Waals surface area contributed by atoms with Crippen LogP contribution in [0.4, 0.5) is 11.4 Å². The number of aryl methyl sites for hydroxylation is 1. The van der Waals surface area contributed by atoms with E-state index in [1.54, 1.807) is 28.7 Å². The topological polar surface area (TPSA) is 89.5 Å². The fraction of sp³-hybridized carbons (Fsp3) is 0.400. The molecular formula is C25H32N6O2S. The second kappa shape index (κ2) is 11.8. The Balaban J connectivity index is 1.84. The molecule has 3 rings (SSSR count). The number of aromatic nitrogens is 3. The molecule has 0 atom stereocenters. The van der Waals surface area contributed by atoms with Gasteiger partial charge in [-0.25, -0.2) is 0 Å². The van der Waals surface area contributed by atoms with E-state index in [0.29, 0.717) is 34.1 Å². The Bertz CT molecular complexity index is 1120. The van der Waals surface area contributed by atoms with Gasteiger partial charge < -0.3 is 4.90 Å². The molecule has 8 nitrogen and oxygen atoms in total. The number of rotatable bonds is 11. The minimum Gasteiger partial charge on any atom is -0.365 e. The second-order valence-corrected chi connectivity index (χ2v) is 10.0.